The van der Waals surface area contributed by atoms with Crippen molar-refractivity contribution in [1.82, 2.24) is 24.6 Å². The lowest BCUT2D eigenvalue weighted by Gasteiger charge is -2.21. The summed E-state index contributed by atoms with van der Waals surface area (Å²) in [5.41, 5.74) is 0.00760. The summed E-state index contributed by atoms with van der Waals surface area (Å²) in [5.74, 6) is -6.08. The summed E-state index contributed by atoms with van der Waals surface area (Å²) in [7, 11) is 0. The largest absolute Gasteiger partial charge is 0.459 e. The van der Waals surface area contributed by atoms with Crippen LogP contribution in [-0.4, -0.2) is 36.7 Å². The molecule has 13 heteroatoms. The summed E-state index contributed by atoms with van der Waals surface area (Å²) in [5, 5.41) is 7.73. The van der Waals surface area contributed by atoms with Crippen molar-refractivity contribution in [3.63, 3.8) is 0 Å². The van der Waals surface area contributed by atoms with Gasteiger partial charge in [0.25, 0.3) is 5.89 Å². The van der Waals surface area contributed by atoms with Gasteiger partial charge in [0.1, 0.15) is 23.6 Å². The number of pyridine rings is 2. The second-order valence-electron chi connectivity index (χ2n) is 9.35. The molecule has 0 saturated heterocycles. The molecule has 0 bridgehead atoms. The predicted octanol–water partition coefficient (Wildman–Crippen LogP) is 6.92. The van der Waals surface area contributed by atoms with E-state index in [0.717, 1.165) is 18.0 Å². The Morgan fingerprint density at radius 3 is 2.36 bits per heavy atom. The summed E-state index contributed by atoms with van der Waals surface area (Å²) in [4.78, 5) is 21.0. The van der Waals surface area contributed by atoms with Crippen LogP contribution in [0.2, 0.25) is 0 Å². The van der Waals surface area contributed by atoms with E-state index in [9.17, 15) is 26.7 Å². The van der Waals surface area contributed by atoms with Gasteiger partial charge in [0.05, 0.1) is 11.3 Å². The number of aromatic nitrogens is 5. The standard InChI is InChI=1S/C29H18F5N5O3/c1-16-7-9-17(10-8-16)20-13-22(28(30,31)29(32,33)34)36-25-19(20)11-12-23-37-24(26-38-35-15-42-26)21(39(23)25)14-41-27(40)18-5-3-2-4-6-18/h2-13,15H,14H2,1H3. The quantitative estimate of drug-likeness (QED) is 0.156. The van der Waals surface area contributed by atoms with E-state index in [1.54, 1.807) is 42.5 Å². The molecule has 0 atom stereocenters. The first-order chi connectivity index (χ1) is 20.0. The van der Waals surface area contributed by atoms with Crippen LogP contribution in [0.5, 0.6) is 0 Å². The van der Waals surface area contributed by atoms with Crippen LogP contribution < -0.4 is 0 Å². The highest BCUT2D eigenvalue weighted by molar-refractivity contribution is 5.95. The van der Waals surface area contributed by atoms with E-state index in [4.69, 9.17) is 9.15 Å². The number of imidazole rings is 1. The smallest absolute Gasteiger partial charge is 0.456 e. The number of nitrogens with zero attached hydrogens (tertiary/aromatic N) is 5. The molecule has 0 spiro atoms. The number of ether oxygens (including phenoxy) is 1. The fraction of sp³-hybridized carbons (Fsp3) is 0.138. The van der Waals surface area contributed by atoms with Gasteiger partial charge in [0.15, 0.2) is 5.69 Å². The molecule has 0 aliphatic carbocycles. The number of halogens is 5. The highest BCUT2D eigenvalue weighted by Crippen LogP contribution is 2.45. The van der Waals surface area contributed by atoms with Gasteiger partial charge in [-0.2, -0.15) is 22.0 Å². The molecule has 0 aliphatic rings. The molecule has 0 saturated carbocycles. The van der Waals surface area contributed by atoms with Crippen LogP contribution in [0.25, 0.3) is 39.4 Å². The van der Waals surface area contributed by atoms with Crippen molar-refractivity contribution in [1.29, 1.82) is 0 Å². The predicted molar refractivity (Wildman–Crippen MR) is 139 cm³/mol. The Labute approximate surface area is 233 Å². The van der Waals surface area contributed by atoms with Gasteiger partial charge in [-0.25, -0.2) is 14.8 Å². The van der Waals surface area contributed by atoms with Gasteiger partial charge < -0.3 is 9.15 Å². The number of hydrogen-bond donors (Lipinski definition) is 0. The van der Waals surface area contributed by atoms with Crippen molar-refractivity contribution < 1.29 is 35.9 Å². The zero-order valence-electron chi connectivity index (χ0n) is 21.6. The minimum absolute atomic E-state index is 0.0348. The van der Waals surface area contributed by atoms with Crippen LogP contribution in [0.15, 0.2) is 83.6 Å². The minimum atomic E-state index is -5.91. The van der Waals surface area contributed by atoms with Crippen LogP contribution >= 0.6 is 0 Å². The van der Waals surface area contributed by atoms with Gasteiger partial charge in [-0.15, -0.1) is 10.2 Å². The van der Waals surface area contributed by atoms with E-state index in [2.05, 4.69) is 20.2 Å². The van der Waals surface area contributed by atoms with E-state index in [0.29, 0.717) is 5.56 Å². The topological polar surface area (TPSA) is 95.4 Å². The Morgan fingerprint density at radius 1 is 0.952 bits per heavy atom. The number of carbonyl (C=O) groups is 1. The second kappa shape index (κ2) is 10.0. The average molecular weight is 579 g/mol. The van der Waals surface area contributed by atoms with E-state index >= 15 is 0 Å². The lowest BCUT2D eigenvalue weighted by molar-refractivity contribution is -0.290. The number of benzene rings is 2. The highest BCUT2D eigenvalue weighted by atomic mass is 19.4. The molecule has 0 aliphatic heterocycles. The van der Waals surface area contributed by atoms with Crippen molar-refractivity contribution in [3.8, 4) is 22.7 Å². The van der Waals surface area contributed by atoms with Crippen molar-refractivity contribution in [3.05, 3.63) is 102 Å². The monoisotopic (exact) mass is 579 g/mol. The Morgan fingerprint density at radius 2 is 1.69 bits per heavy atom. The zero-order valence-corrected chi connectivity index (χ0v) is 21.6. The van der Waals surface area contributed by atoms with E-state index in [1.807, 2.05) is 6.92 Å². The molecular weight excluding hydrogens is 561 g/mol. The number of esters is 1. The van der Waals surface area contributed by atoms with Crippen LogP contribution in [0.3, 0.4) is 0 Å². The van der Waals surface area contributed by atoms with Gasteiger partial charge >= 0.3 is 18.1 Å². The Kier molecular flexibility index (Phi) is 6.44. The van der Waals surface area contributed by atoms with Gasteiger partial charge in [-0.3, -0.25) is 4.40 Å². The summed E-state index contributed by atoms with van der Waals surface area (Å²) >= 11 is 0. The number of rotatable bonds is 6. The Hall–Kier alpha value is -5.20. The molecule has 0 N–H and O–H groups in total. The summed E-state index contributed by atoms with van der Waals surface area (Å²) < 4.78 is 82.4. The fourth-order valence-corrected chi connectivity index (χ4v) is 4.51. The molecule has 4 aromatic heterocycles. The molecule has 4 heterocycles. The molecule has 6 rings (SSSR count). The molecule has 42 heavy (non-hydrogen) atoms. The second-order valence-corrected chi connectivity index (χ2v) is 9.35. The first-order valence-electron chi connectivity index (χ1n) is 12.4. The number of fused-ring (bicyclic) bond motifs is 3. The summed E-state index contributed by atoms with van der Waals surface area (Å²) in [6, 6.07) is 18.5. The third kappa shape index (κ3) is 4.62. The third-order valence-electron chi connectivity index (χ3n) is 6.60. The van der Waals surface area contributed by atoms with Crippen LogP contribution in [0.1, 0.15) is 27.3 Å². The summed E-state index contributed by atoms with van der Waals surface area (Å²) in [6.45, 7) is 1.34. The molecule has 0 fully saturated rings. The van der Waals surface area contributed by atoms with Crippen molar-refractivity contribution in [2.75, 3.05) is 0 Å². The SMILES string of the molecule is Cc1ccc(-c2cc(C(F)(F)C(F)(F)F)nc3c2ccc2nc(-c4nnco4)c(COC(=O)c4ccccc4)n23)cc1. The van der Waals surface area contributed by atoms with Gasteiger partial charge in [-0.05, 0) is 48.4 Å². The Balaban J connectivity index is 1.63. The van der Waals surface area contributed by atoms with Gasteiger partial charge in [0, 0.05) is 5.39 Å². The summed E-state index contributed by atoms with van der Waals surface area (Å²) in [6.07, 6.45) is -4.88. The van der Waals surface area contributed by atoms with Crippen molar-refractivity contribution in [2.45, 2.75) is 25.6 Å². The lowest BCUT2D eigenvalue weighted by Crippen LogP contribution is -2.34. The maximum Gasteiger partial charge on any atom is 0.459 e. The first kappa shape index (κ1) is 27.0. The average Bonchev–Trinajstić information content (AvgIpc) is 3.64. The first-order valence-corrected chi connectivity index (χ1v) is 12.4. The molecule has 0 amide bonds. The number of alkyl halides is 5. The van der Waals surface area contributed by atoms with Crippen LogP contribution in [0, 0.1) is 6.92 Å². The lowest BCUT2D eigenvalue weighted by atomic mass is 9.99. The minimum Gasteiger partial charge on any atom is -0.456 e. The normalized spacial score (nSPS) is 12.2. The third-order valence-corrected chi connectivity index (χ3v) is 6.60. The highest BCUT2D eigenvalue weighted by Gasteiger charge is 2.60. The molecule has 6 aromatic rings. The van der Waals surface area contributed by atoms with E-state index < -0.39 is 30.4 Å². The van der Waals surface area contributed by atoms with Gasteiger partial charge in [0.2, 0.25) is 6.39 Å². The van der Waals surface area contributed by atoms with Crippen LogP contribution in [0.4, 0.5) is 22.0 Å². The molecule has 8 nitrogen and oxygen atoms in total. The molecule has 0 unspecified atom stereocenters. The fourth-order valence-electron chi connectivity index (χ4n) is 4.51. The van der Waals surface area contributed by atoms with Crippen molar-refractivity contribution >= 4 is 22.6 Å². The van der Waals surface area contributed by atoms with E-state index in [1.165, 1.54) is 28.7 Å². The Bertz CT molecular complexity index is 1920. The van der Waals surface area contributed by atoms with Crippen molar-refractivity contribution in [2.24, 2.45) is 0 Å². The zero-order chi connectivity index (χ0) is 29.6. The van der Waals surface area contributed by atoms with Gasteiger partial charge in [-0.1, -0.05) is 48.0 Å². The molecule has 2 aromatic carbocycles. The maximum absolute atomic E-state index is 14.8. The molecule has 212 valence electrons. The number of carbonyl (C=O) groups excluding carboxylic acids is 1. The van der Waals surface area contributed by atoms with E-state index in [-0.39, 0.29) is 45.1 Å². The molecule has 0 radical (unpaired) electrons. The van der Waals surface area contributed by atoms with Crippen LogP contribution in [-0.2, 0) is 17.3 Å². The molecular formula is C29H18F5N5O3. The maximum atomic E-state index is 14.8. The number of hydrogen-bond acceptors (Lipinski definition) is 7. The number of aryl methyl sites for hydroxylation is 1.